The molecule has 1 fully saturated rings. The zero-order valence-electron chi connectivity index (χ0n) is 16.1. The van der Waals surface area contributed by atoms with Crippen molar-refractivity contribution in [3.8, 4) is 23.0 Å². The number of hydrogen-bond donors (Lipinski definition) is 0. The van der Waals surface area contributed by atoms with Gasteiger partial charge in [0.15, 0.2) is 11.5 Å². The van der Waals surface area contributed by atoms with Gasteiger partial charge in [0.25, 0.3) is 0 Å². The van der Waals surface area contributed by atoms with E-state index in [0.29, 0.717) is 29.4 Å². The van der Waals surface area contributed by atoms with E-state index >= 15 is 4.39 Å². The average Bonchev–Trinajstić information content (AvgIpc) is 3.11. The van der Waals surface area contributed by atoms with Crippen molar-refractivity contribution in [3.05, 3.63) is 69.6 Å². The van der Waals surface area contributed by atoms with Crippen molar-refractivity contribution < 1.29 is 8.78 Å². The number of nitrogens with zero attached hydrogens (tertiary/aromatic N) is 3. The Morgan fingerprint density at radius 3 is 2.53 bits per heavy atom. The molecular formula is C23H19Cl2F2N3. The third-order valence-electron chi connectivity index (χ3n) is 5.61. The first-order chi connectivity index (χ1) is 14.5. The fourth-order valence-corrected chi connectivity index (χ4v) is 4.52. The minimum Gasteiger partial charge on any atom is -0.292 e. The molecule has 30 heavy (non-hydrogen) atoms. The predicted octanol–water partition coefficient (Wildman–Crippen LogP) is 7.12. The van der Waals surface area contributed by atoms with Gasteiger partial charge in [-0.1, -0.05) is 61.4 Å². The Bertz CT molecular complexity index is 1130. The van der Waals surface area contributed by atoms with E-state index in [0.717, 1.165) is 25.7 Å². The van der Waals surface area contributed by atoms with Gasteiger partial charge in [0.2, 0.25) is 0 Å². The molecule has 154 valence electrons. The van der Waals surface area contributed by atoms with Crippen LogP contribution in [0.3, 0.4) is 0 Å². The van der Waals surface area contributed by atoms with Crippen molar-refractivity contribution in [3.63, 3.8) is 0 Å². The van der Waals surface area contributed by atoms with Crippen molar-refractivity contribution in [2.45, 2.75) is 38.5 Å². The van der Waals surface area contributed by atoms with Gasteiger partial charge in [0.05, 0.1) is 21.4 Å². The van der Waals surface area contributed by atoms with Gasteiger partial charge in [-0.05, 0) is 36.2 Å². The highest BCUT2D eigenvalue weighted by molar-refractivity contribution is 6.31. The van der Waals surface area contributed by atoms with Gasteiger partial charge >= 0.3 is 0 Å². The lowest BCUT2D eigenvalue weighted by Crippen LogP contribution is -2.14. The molecule has 0 radical (unpaired) electrons. The Morgan fingerprint density at radius 1 is 1.07 bits per heavy atom. The maximum absolute atomic E-state index is 15.0. The third kappa shape index (κ3) is 3.95. The van der Waals surface area contributed by atoms with Gasteiger partial charge in [-0.2, -0.15) is 5.26 Å². The van der Waals surface area contributed by atoms with E-state index < -0.39 is 11.6 Å². The molecular weight excluding hydrogens is 427 g/mol. The molecule has 1 aliphatic carbocycles. The highest BCUT2D eigenvalue weighted by Crippen LogP contribution is 2.35. The molecule has 7 heteroatoms. The van der Waals surface area contributed by atoms with Crippen LogP contribution in [0.4, 0.5) is 8.78 Å². The molecule has 0 N–H and O–H groups in total. The summed E-state index contributed by atoms with van der Waals surface area (Å²) in [4.78, 5) is 4.55. The monoisotopic (exact) mass is 445 g/mol. The van der Waals surface area contributed by atoms with Crippen molar-refractivity contribution in [1.29, 1.82) is 5.26 Å². The molecule has 1 saturated carbocycles. The second-order valence-electron chi connectivity index (χ2n) is 7.58. The summed E-state index contributed by atoms with van der Waals surface area (Å²) in [6.45, 7) is 0. The van der Waals surface area contributed by atoms with Gasteiger partial charge in [-0.3, -0.25) is 4.57 Å². The summed E-state index contributed by atoms with van der Waals surface area (Å²) in [5.41, 5.74) is 1.21. The lowest BCUT2D eigenvalue weighted by Gasteiger charge is -2.22. The van der Waals surface area contributed by atoms with Gasteiger partial charge in [-0.15, -0.1) is 0 Å². The summed E-state index contributed by atoms with van der Waals surface area (Å²) >= 11 is 12.0. The Morgan fingerprint density at radius 2 is 1.83 bits per heavy atom. The molecule has 0 aliphatic heterocycles. The van der Waals surface area contributed by atoms with Crippen LogP contribution in [0, 0.1) is 28.9 Å². The number of benzene rings is 2. The van der Waals surface area contributed by atoms with E-state index in [-0.39, 0.29) is 21.4 Å². The summed E-state index contributed by atoms with van der Waals surface area (Å²) < 4.78 is 30.4. The topological polar surface area (TPSA) is 41.6 Å². The quantitative estimate of drug-likeness (QED) is 0.428. The fourth-order valence-electron chi connectivity index (χ4n) is 4.17. The molecule has 0 spiro atoms. The van der Waals surface area contributed by atoms with Crippen LogP contribution >= 0.6 is 23.2 Å². The van der Waals surface area contributed by atoms with Crippen LogP contribution in [0.15, 0.2) is 36.4 Å². The normalized spacial score (nSPS) is 14.6. The second-order valence-corrected chi connectivity index (χ2v) is 8.40. The van der Waals surface area contributed by atoms with Crippen LogP contribution in [0.5, 0.6) is 0 Å². The molecule has 2 aromatic carbocycles. The first-order valence-electron chi connectivity index (χ1n) is 9.91. The van der Waals surface area contributed by atoms with E-state index in [4.69, 9.17) is 23.2 Å². The van der Waals surface area contributed by atoms with E-state index in [1.54, 1.807) is 16.7 Å². The van der Waals surface area contributed by atoms with Crippen molar-refractivity contribution in [2.75, 3.05) is 0 Å². The number of nitriles is 1. The average molecular weight is 446 g/mol. The molecule has 3 aromatic rings. The molecule has 0 amide bonds. The summed E-state index contributed by atoms with van der Waals surface area (Å²) in [6, 6.07) is 11.0. The Kier molecular flexibility index (Phi) is 6.08. The van der Waals surface area contributed by atoms with Crippen molar-refractivity contribution in [2.24, 2.45) is 5.92 Å². The van der Waals surface area contributed by atoms with E-state index in [2.05, 4.69) is 11.1 Å². The molecule has 0 unspecified atom stereocenters. The molecule has 0 atom stereocenters. The maximum Gasteiger partial charge on any atom is 0.167 e. The zero-order chi connectivity index (χ0) is 21.3. The third-order valence-corrected chi connectivity index (χ3v) is 6.20. The van der Waals surface area contributed by atoms with E-state index in [1.807, 2.05) is 0 Å². The van der Waals surface area contributed by atoms with Crippen molar-refractivity contribution in [1.82, 2.24) is 9.55 Å². The van der Waals surface area contributed by atoms with Gasteiger partial charge in [-0.25, -0.2) is 13.8 Å². The number of hydrogen-bond acceptors (Lipinski definition) is 2. The summed E-state index contributed by atoms with van der Waals surface area (Å²) in [5, 5.41) is 9.66. The highest BCUT2D eigenvalue weighted by Gasteiger charge is 2.25. The summed E-state index contributed by atoms with van der Waals surface area (Å²) in [6.07, 6.45) is 6.30. The smallest absolute Gasteiger partial charge is 0.167 e. The Labute approximate surface area is 183 Å². The van der Waals surface area contributed by atoms with Crippen LogP contribution in [0.1, 0.15) is 43.6 Å². The molecule has 3 nitrogen and oxygen atoms in total. The molecule has 1 heterocycles. The molecule has 4 rings (SSSR count). The minimum atomic E-state index is -0.597. The van der Waals surface area contributed by atoms with Crippen LogP contribution in [-0.4, -0.2) is 9.55 Å². The number of aromatic nitrogens is 2. The maximum atomic E-state index is 15.0. The molecule has 1 aliphatic rings. The lowest BCUT2D eigenvalue weighted by molar-refractivity contribution is 0.350. The molecule has 0 bridgehead atoms. The lowest BCUT2D eigenvalue weighted by atomic mass is 9.87. The molecule has 0 saturated heterocycles. The summed E-state index contributed by atoms with van der Waals surface area (Å²) in [7, 11) is 0. The summed E-state index contributed by atoms with van der Waals surface area (Å²) in [5.74, 6) is -0.157. The first kappa shape index (κ1) is 20.8. The Hall–Kier alpha value is -2.42. The SMILES string of the molecule is N#Cc1nc(CC2CCCCC2)n(-c2cccc(Cl)c2F)c1-c1ccc(F)c(Cl)c1. The first-order valence-corrected chi connectivity index (χ1v) is 10.7. The number of halogens is 4. The van der Waals surface area contributed by atoms with E-state index in [9.17, 15) is 9.65 Å². The molecule has 1 aromatic heterocycles. The standard InChI is InChI=1S/C23H19Cl2F2N3/c24-16-7-4-8-20(22(16)27)30-21(11-14-5-2-1-3-6-14)29-19(13-28)23(30)15-9-10-18(26)17(25)12-15/h4,7-10,12,14H,1-3,5-6,11H2. The largest absolute Gasteiger partial charge is 0.292 e. The number of imidazole rings is 1. The zero-order valence-corrected chi connectivity index (χ0v) is 17.6. The van der Waals surface area contributed by atoms with Gasteiger partial charge in [0, 0.05) is 12.0 Å². The van der Waals surface area contributed by atoms with E-state index in [1.165, 1.54) is 30.7 Å². The van der Waals surface area contributed by atoms with Crippen molar-refractivity contribution >= 4 is 23.2 Å². The Balaban J connectivity index is 1.94. The van der Waals surface area contributed by atoms with Crippen LogP contribution < -0.4 is 0 Å². The van der Waals surface area contributed by atoms with Crippen LogP contribution in [0.2, 0.25) is 10.0 Å². The minimum absolute atomic E-state index is 0.0218. The predicted molar refractivity (Wildman–Crippen MR) is 114 cm³/mol. The van der Waals surface area contributed by atoms with Crippen LogP contribution in [-0.2, 0) is 6.42 Å². The van der Waals surface area contributed by atoms with Crippen LogP contribution in [0.25, 0.3) is 16.9 Å². The van der Waals surface area contributed by atoms with Gasteiger partial charge < -0.3 is 0 Å². The fraction of sp³-hybridized carbons (Fsp3) is 0.304. The highest BCUT2D eigenvalue weighted by atomic mass is 35.5. The van der Waals surface area contributed by atoms with Gasteiger partial charge in [0.1, 0.15) is 17.7 Å². The number of rotatable bonds is 4. The second kappa shape index (κ2) is 8.75.